The number of benzene rings is 1. The molecule has 0 radical (unpaired) electrons. The average molecular weight is 379 g/mol. The Hall–Kier alpha value is -3.43. The van der Waals surface area contributed by atoms with Crippen LogP contribution >= 0.6 is 0 Å². The number of hydrogen-bond acceptors (Lipinski definition) is 4. The second-order valence-corrected chi connectivity index (χ2v) is 5.63. The van der Waals surface area contributed by atoms with Gasteiger partial charge in [0.2, 0.25) is 0 Å². The van der Waals surface area contributed by atoms with Crippen molar-refractivity contribution in [2.24, 2.45) is 7.05 Å². The minimum atomic E-state index is -4.59. The highest BCUT2D eigenvalue weighted by Crippen LogP contribution is 2.33. The molecule has 0 aliphatic heterocycles. The summed E-state index contributed by atoms with van der Waals surface area (Å²) in [5, 5.41) is 5.87. The van der Waals surface area contributed by atoms with Crippen LogP contribution in [0.1, 0.15) is 16.1 Å². The van der Waals surface area contributed by atoms with E-state index in [9.17, 15) is 22.4 Å². The zero-order chi connectivity index (χ0) is 19.8. The molecule has 0 bridgehead atoms. The molecule has 0 spiro atoms. The Morgan fingerprint density at radius 3 is 2.52 bits per heavy atom. The minimum Gasteiger partial charge on any atom is -0.383 e. The molecule has 0 unspecified atom stereocenters. The SMILES string of the molecule is Cn1nc(C(F)(F)F)cc1-c1ccc(NC(=O)c2cccc(F)c2)nc1N. The summed E-state index contributed by atoms with van der Waals surface area (Å²) in [7, 11) is 1.35. The van der Waals surface area contributed by atoms with Gasteiger partial charge in [-0.25, -0.2) is 9.37 Å². The van der Waals surface area contributed by atoms with Crippen LogP contribution in [0.3, 0.4) is 0 Å². The van der Waals surface area contributed by atoms with E-state index in [0.29, 0.717) is 0 Å². The van der Waals surface area contributed by atoms with Crippen molar-refractivity contribution in [2.75, 3.05) is 11.1 Å². The lowest BCUT2D eigenvalue weighted by molar-refractivity contribution is -0.141. The molecule has 3 aromatic rings. The van der Waals surface area contributed by atoms with Crippen LogP contribution in [-0.2, 0) is 13.2 Å². The Bertz CT molecular complexity index is 1010. The Morgan fingerprint density at radius 1 is 1.19 bits per heavy atom. The topological polar surface area (TPSA) is 85.8 Å². The molecule has 10 heteroatoms. The molecule has 27 heavy (non-hydrogen) atoms. The van der Waals surface area contributed by atoms with Crippen molar-refractivity contribution in [2.45, 2.75) is 6.18 Å². The van der Waals surface area contributed by atoms with Crippen LogP contribution in [0, 0.1) is 5.82 Å². The Morgan fingerprint density at radius 2 is 1.93 bits per heavy atom. The molecule has 0 saturated heterocycles. The van der Waals surface area contributed by atoms with E-state index in [0.717, 1.165) is 16.8 Å². The van der Waals surface area contributed by atoms with Crippen molar-refractivity contribution in [3.63, 3.8) is 0 Å². The molecule has 3 N–H and O–H groups in total. The van der Waals surface area contributed by atoms with Gasteiger partial charge in [0.1, 0.15) is 17.5 Å². The van der Waals surface area contributed by atoms with Gasteiger partial charge in [-0.15, -0.1) is 0 Å². The van der Waals surface area contributed by atoms with Gasteiger partial charge in [-0.05, 0) is 36.4 Å². The molecule has 6 nitrogen and oxygen atoms in total. The number of nitrogens with two attached hydrogens (primary N) is 1. The van der Waals surface area contributed by atoms with Crippen LogP contribution in [0.2, 0.25) is 0 Å². The monoisotopic (exact) mass is 379 g/mol. The van der Waals surface area contributed by atoms with E-state index in [2.05, 4.69) is 15.4 Å². The molecule has 1 aromatic carbocycles. The third kappa shape index (κ3) is 3.89. The maximum atomic E-state index is 13.2. The number of anilines is 2. The Labute approximate surface area is 150 Å². The summed E-state index contributed by atoms with van der Waals surface area (Å²) >= 11 is 0. The maximum absolute atomic E-state index is 13.2. The highest BCUT2D eigenvalue weighted by Gasteiger charge is 2.35. The number of hydrogen-bond donors (Lipinski definition) is 2. The first-order valence-electron chi connectivity index (χ1n) is 7.60. The summed E-state index contributed by atoms with van der Waals surface area (Å²) in [6, 6.07) is 8.72. The van der Waals surface area contributed by atoms with E-state index < -0.39 is 23.6 Å². The molecule has 140 valence electrons. The van der Waals surface area contributed by atoms with Crippen molar-refractivity contribution < 1.29 is 22.4 Å². The summed E-state index contributed by atoms with van der Waals surface area (Å²) in [5.41, 5.74) is 5.21. The molecule has 0 fully saturated rings. The lowest BCUT2D eigenvalue weighted by atomic mass is 10.1. The average Bonchev–Trinajstić information content (AvgIpc) is 2.97. The van der Waals surface area contributed by atoms with Crippen LogP contribution in [0.15, 0.2) is 42.5 Å². The summed E-state index contributed by atoms with van der Waals surface area (Å²) in [6.07, 6.45) is -4.59. The van der Waals surface area contributed by atoms with E-state index in [4.69, 9.17) is 5.73 Å². The lowest BCUT2D eigenvalue weighted by Crippen LogP contribution is -2.14. The lowest BCUT2D eigenvalue weighted by Gasteiger charge is -2.09. The third-order valence-corrected chi connectivity index (χ3v) is 3.70. The van der Waals surface area contributed by atoms with Crippen molar-refractivity contribution >= 4 is 17.5 Å². The number of aromatic nitrogens is 3. The fourth-order valence-corrected chi connectivity index (χ4v) is 2.44. The molecule has 0 saturated carbocycles. The molecule has 3 rings (SSSR count). The first-order chi connectivity index (χ1) is 12.6. The van der Waals surface area contributed by atoms with Crippen LogP contribution in [0.4, 0.5) is 29.2 Å². The Balaban J connectivity index is 1.86. The van der Waals surface area contributed by atoms with Gasteiger partial charge in [0, 0.05) is 18.2 Å². The molecule has 1 amide bonds. The maximum Gasteiger partial charge on any atom is 0.435 e. The summed E-state index contributed by atoms with van der Waals surface area (Å²) < 4.78 is 52.6. The van der Waals surface area contributed by atoms with Gasteiger partial charge in [0.25, 0.3) is 5.91 Å². The van der Waals surface area contributed by atoms with E-state index >= 15 is 0 Å². The number of alkyl halides is 3. The normalized spacial score (nSPS) is 11.4. The smallest absolute Gasteiger partial charge is 0.383 e. The second-order valence-electron chi connectivity index (χ2n) is 5.63. The van der Waals surface area contributed by atoms with Gasteiger partial charge in [-0.3, -0.25) is 9.48 Å². The highest BCUT2D eigenvalue weighted by atomic mass is 19.4. The summed E-state index contributed by atoms with van der Waals surface area (Å²) in [5.74, 6) is -1.19. The minimum absolute atomic E-state index is 0.0729. The number of nitrogens with zero attached hydrogens (tertiary/aromatic N) is 3. The molecule has 0 aliphatic carbocycles. The van der Waals surface area contributed by atoms with E-state index in [1.807, 2.05) is 0 Å². The number of pyridine rings is 1. The first-order valence-corrected chi connectivity index (χ1v) is 7.60. The van der Waals surface area contributed by atoms with Gasteiger partial charge >= 0.3 is 6.18 Å². The highest BCUT2D eigenvalue weighted by molar-refractivity contribution is 6.03. The van der Waals surface area contributed by atoms with Crippen molar-refractivity contribution in [3.05, 3.63) is 59.5 Å². The number of carbonyl (C=O) groups excluding carboxylic acids is 1. The van der Waals surface area contributed by atoms with E-state index in [1.165, 1.54) is 37.4 Å². The molecule has 2 aromatic heterocycles. The molecule has 2 heterocycles. The third-order valence-electron chi connectivity index (χ3n) is 3.70. The van der Waals surface area contributed by atoms with E-state index in [1.54, 1.807) is 0 Å². The van der Waals surface area contributed by atoms with Gasteiger partial charge in [0.15, 0.2) is 5.69 Å². The van der Waals surface area contributed by atoms with Gasteiger partial charge in [-0.2, -0.15) is 18.3 Å². The number of halogens is 4. The summed E-state index contributed by atoms with van der Waals surface area (Å²) in [4.78, 5) is 16.1. The van der Waals surface area contributed by atoms with Gasteiger partial charge < -0.3 is 11.1 Å². The fourth-order valence-electron chi connectivity index (χ4n) is 2.44. The van der Waals surface area contributed by atoms with Crippen LogP contribution in [-0.4, -0.2) is 20.7 Å². The quantitative estimate of drug-likeness (QED) is 0.683. The van der Waals surface area contributed by atoms with E-state index in [-0.39, 0.29) is 28.5 Å². The molecule has 0 atom stereocenters. The zero-order valence-electron chi connectivity index (χ0n) is 13.9. The van der Waals surface area contributed by atoms with Crippen molar-refractivity contribution in [1.82, 2.24) is 14.8 Å². The van der Waals surface area contributed by atoms with Gasteiger partial charge in [-0.1, -0.05) is 6.07 Å². The zero-order valence-corrected chi connectivity index (χ0v) is 13.9. The number of nitrogens with one attached hydrogen (secondary N) is 1. The van der Waals surface area contributed by atoms with Crippen LogP contribution < -0.4 is 11.1 Å². The summed E-state index contributed by atoms with van der Waals surface area (Å²) in [6.45, 7) is 0. The standard InChI is InChI=1S/C17H13F4N5O/c1-26-12(8-13(25-26)17(19,20)21)11-5-6-14(23-15(11)22)24-16(27)9-3-2-4-10(18)7-9/h2-8H,1H3,(H3,22,23,24,27). The predicted octanol–water partition coefficient (Wildman–Crippen LogP) is 3.47. The molecular weight excluding hydrogens is 366 g/mol. The number of rotatable bonds is 3. The number of carbonyl (C=O) groups is 1. The first kappa shape index (κ1) is 18.4. The molecule has 0 aliphatic rings. The fraction of sp³-hybridized carbons (Fsp3) is 0.118. The Kier molecular flexibility index (Phi) is 4.56. The second kappa shape index (κ2) is 6.71. The van der Waals surface area contributed by atoms with Crippen molar-refractivity contribution in [1.29, 1.82) is 0 Å². The van der Waals surface area contributed by atoms with Crippen LogP contribution in [0.25, 0.3) is 11.3 Å². The number of nitrogen functional groups attached to an aromatic ring is 1. The number of aryl methyl sites for hydroxylation is 1. The molecular formula is C17H13F4N5O. The van der Waals surface area contributed by atoms with Crippen molar-refractivity contribution in [3.8, 4) is 11.3 Å². The number of amides is 1. The van der Waals surface area contributed by atoms with Gasteiger partial charge in [0.05, 0.1) is 5.69 Å². The predicted molar refractivity (Wildman–Crippen MR) is 90.2 cm³/mol. The largest absolute Gasteiger partial charge is 0.435 e. The van der Waals surface area contributed by atoms with Crippen LogP contribution in [0.5, 0.6) is 0 Å².